The lowest BCUT2D eigenvalue weighted by molar-refractivity contribution is 0.0696. The van der Waals surface area contributed by atoms with Gasteiger partial charge in [-0.25, -0.2) is 4.79 Å². The highest BCUT2D eigenvalue weighted by Crippen LogP contribution is 2.36. The molecule has 0 spiro atoms. The molecule has 1 aliphatic rings. The van der Waals surface area contributed by atoms with Crippen LogP contribution in [0.2, 0.25) is 0 Å². The molecular formula is C15H14Br2O2. The second-order valence-electron chi connectivity index (χ2n) is 4.68. The Labute approximate surface area is 129 Å². The van der Waals surface area contributed by atoms with Gasteiger partial charge in [0.2, 0.25) is 0 Å². The van der Waals surface area contributed by atoms with Gasteiger partial charge in [0.15, 0.2) is 0 Å². The van der Waals surface area contributed by atoms with Gasteiger partial charge in [0.25, 0.3) is 0 Å². The van der Waals surface area contributed by atoms with Gasteiger partial charge in [-0.05, 0) is 23.6 Å². The van der Waals surface area contributed by atoms with Crippen molar-refractivity contribution in [1.82, 2.24) is 0 Å². The average Bonchev–Trinajstić information content (AvgIpc) is 2.47. The van der Waals surface area contributed by atoms with Crippen molar-refractivity contribution < 1.29 is 9.90 Å². The summed E-state index contributed by atoms with van der Waals surface area (Å²) in [4.78, 5) is 11.2. The molecule has 0 aliphatic heterocycles. The molecule has 100 valence electrons. The number of hydrogen-bond donors (Lipinski definition) is 1. The predicted molar refractivity (Wildman–Crippen MR) is 85.2 cm³/mol. The Morgan fingerprint density at radius 3 is 2.47 bits per heavy atom. The zero-order valence-corrected chi connectivity index (χ0v) is 13.4. The van der Waals surface area contributed by atoms with Crippen LogP contribution in [0.15, 0.2) is 42.5 Å². The predicted octanol–water partition coefficient (Wildman–Crippen LogP) is 4.50. The number of carboxylic acids is 1. The zero-order valence-electron chi connectivity index (χ0n) is 10.3. The Hall–Kier alpha value is -0.870. The first kappa shape index (κ1) is 14.5. The molecule has 0 heterocycles. The smallest absolute Gasteiger partial charge is 0.336 e. The lowest BCUT2D eigenvalue weighted by atomic mass is 9.82. The van der Waals surface area contributed by atoms with Crippen LogP contribution in [0.4, 0.5) is 0 Å². The Bertz CT molecular complexity index is 543. The molecule has 0 bridgehead atoms. The topological polar surface area (TPSA) is 37.3 Å². The minimum absolute atomic E-state index is 0.0850. The van der Waals surface area contributed by atoms with Crippen molar-refractivity contribution in [3.63, 3.8) is 0 Å². The summed E-state index contributed by atoms with van der Waals surface area (Å²) in [5, 5.41) is 11.0. The van der Waals surface area contributed by atoms with Gasteiger partial charge in [0, 0.05) is 16.1 Å². The van der Waals surface area contributed by atoms with E-state index in [9.17, 15) is 9.90 Å². The minimum atomic E-state index is -0.886. The van der Waals surface area contributed by atoms with Crippen molar-refractivity contribution in [2.75, 3.05) is 10.7 Å². The van der Waals surface area contributed by atoms with E-state index in [1.165, 1.54) is 0 Å². The average molecular weight is 386 g/mol. The molecule has 0 unspecified atom stereocenters. The van der Waals surface area contributed by atoms with E-state index >= 15 is 0 Å². The van der Waals surface area contributed by atoms with Gasteiger partial charge in [-0.15, -0.1) is 0 Å². The summed E-state index contributed by atoms with van der Waals surface area (Å²) in [6, 6.07) is 7.12. The number of benzene rings is 1. The monoisotopic (exact) mass is 384 g/mol. The van der Waals surface area contributed by atoms with E-state index in [4.69, 9.17) is 0 Å². The summed E-state index contributed by atoms with van der Waals surface area (Å²) in [5.41, 5.74) is 2.20. The maximum absolute atomic E-state index is 11.2. The summed E-state index contributed by atoms with van der Waals surface area (Å²) >= 11 is 7.08. The van der Waals surface area contributed by atoms with Crippen molar-refractivity contribution in [2.45, 2.75) is 6.42 Å². The van der Waals surface area contributed by atoms with Crippen molar-refractivity contribution in [3.05, 3.63) is 53.6 Å². The largest absolute Gasteiger partial charge is 0.478 e. The molecular weight excluding hydrogens is 372 g/mol. The minimum Gasteiger partial charge on any atom is -0.478 e. The Morgan fingerprint density at radius 2 is 1.95 bits per heavy atom. The molecule has 1 aliphatic carbocycles. The van der Waals surface area contributed by atoms with Gasteiger partial charge in [0.1, 0.15) is 0 Å². The molecule has 2 rings (SSSR count). The molecule has 4 heteroatoms. The molecule has 0 saturated heterocycles. The molecule has 0 aromatic heterocycles. The first-order valence-corrected chi connectivity index (χ1v) is 8.20. The normalized spacial score (nSPS) is 17.1. The standard InChI is InChI=1S/C15H14Br2O2/c16-9-15(10-17)7-5-11(6-8-15)12-3-1-2-4-13(12)14(18)19/h1-7H,8-10H2,(H,18,19). The number of carbonyl (C=O) groups is 1. The third kappa shape index (κ3) is 3.00. The number of aromatic carboxylic acids is 1. The fourth-order valence-corrected chi connectivity index (χ4v) is 3.83. The fraction of sp³-hybridized carbons (Fsp3) is 0.267. The van der Waals surface area contributed by atoms with Crippen molar-refractivity contribution in [1.29, 1.82) is 0 Å². The van der Waals surface area contributed by atoms with Gasteiger partial charge in [-0.3, -0.25) is 0 Å². The maximum atomic E-state index is 11.2. The first-order chi connectivity index (χ1) is 9.12. The van der Waals surface area contributed by atoms with Crippen LogP contribution in [0, 0.1) is 5.41 Å². The highest BCUT2D eigenvalue weighted by atomic mass is 79.9. The van der Waals surface area contributed by atoms with Crippen LogP contribution in [0.25, 0.3) is 5.57 Å². The second-order valence-corrected chi connectivity index (χ2v) is 5.80. The summed E-state index contributed by atoms with van der Waals surface area (Å²) in [7, 11) is 0. The molecule has 0 fully saturated rings. The molecule has 0 radical (unpaired) electrons. The second kappa shape index (κ2) is 6.06. The van der Waals surface area contributed by atoms with E-state index < -0.39 is 5.97 Å². The Morgan fingerprint density at radius 1 is 1.26 bits per heavy atom. The van der Waals surface area contributed by atoms with Gasteiger partial charge in [-0.2, -0.15) is 0 Å². The number of allylic oxidation sites excluding steroid dienone is 4. The van der Waals surface area contributed by atoms with Crippen molar-refractivity contribution in [3.8, 4) is 0 Å². The first-order valence-electron chi connectivity index (χ1n) is 5.96. The van der Waals surface area contributed by atoms with E-state index in [1.807, 2.05) is 18.2 Å². The molecule has 0 saturated carbocycles. The van der Waals surface area contributed by atoms with Crippen molar-refractivity contribution >= 4 is 43.4 Å². The molecule has 19 heavy (non-hydrogen) atoms. The summed E-state index contributed by atoms with van der Waals surface area (Å²) < 4.78 is 0. The highest BCUT2D eigenvalue weighted by Gasteiger charge is 2.26. The number of halogens is 2. The van der Waals surface area contributed by atoms with Crippen LogP contribution in [0.5, 0.6) is 0 Å². The van der Waals surface area contributed by atoms with E-state index in [0.29, 0.717) is 5.56 Å². The lowest BCUT2D eigenvalue weighted by Crippen LogP contribution is -2.23. The van der Waals surface area contributed by atoms with Crippen LogP contribution in [-0.4, -0.2) is 21.7 Å². The molecule has 0 atom stereocenters. The molecule has 1 aromatic rings. The number of hydrogen-bond acceptors (Lipinski definition) is 1. The summed E-state index contributed by atoms with van der Waals surface area (Å²) in [6.07, 6.45) is 7.19. The Kier molecular flexibility index (Phi) is 4.63. The third-order valence-electron chi connectivity index (χ3n) is 3.35. The van der Waals surface area contributed by atoms with Crippen molar-refractivity contribution in [2.24, 2.45) is 5.41 Å². The van der Waals surface area contributed by atoms with Crippen LogP contribution >= 0.6 is 31.9 Å². The molecule has 2 nitrogen and oxygen atoms in total. The van der Waals surface area contributed by atoms with Crippen LogP contribution in [0.1, 0.15) is 22.3 Å². The molecule has 0 amide bonds. The number of rotatable bonds is 4. The van der Waals surface area contributed by atoms with Crippen LogP contribution < -0.4 is 0 Å². The molecule has 1 N–H and O–H groups in total. The van der Waals surface area contributed by atoms with Crippen LogP contribution in [0.3, 0.4) is 0 Å². The highest BCUT2D eigenvalue weighted by molar-refractivity contribution is 9.09. The van der Waals surface area contributed by atoms with E-state index in [1.54, 1.807) is 12.1 Å². The number of carboxylic acid groups (broad SMARTS) is 1. The van der Waals surface area contributed by atoms with E-state index in [0.717, 1.165) is 28.2 Å². The maximum Gasteiger partial charge on any atom is 0.336 e. The number of alkyl halides is 2. The zero-order chi connectivity index (χ0) is 13.9. The summed E-state index contributed by atoms with van der Waals surface area (Å²) in [6.45, 7) is 0. The Balaban J connectivity index is 2.34. The fourth-order valence-electron chi connectivity index (χ4n) is 2.07. The lowest BCUT2D eigenvalue weighted by Gasteiger charge is -2.28. The van der Waals surface area contributed by atoms with Gasteiger partial charge in [-0.1, -0.05) is 68.3 Å². The van der Waals surface area contributed by atoms with E-state index in [2.05, 4.69) is 44.0 Å². The SMILES string of the molecule is O=C(O)c1ccccc1C1=CCC(CBr)(CBr)C=C1. The van der Waals surface area contributed by atoms with Gasteiger partial charge < -0.3 is 5.11 Å². The summed E-state index contributed by atoms with van der Waals surface area (Å²) in [5.74, 6) is -0.886. The van der Waals surface area contributed by atoms with E-state index in [-0.39, 0.29) is 5.41 Å². The third-order valence-corrected chi connectivity index (χ3v) is 5.58. The van der Waals surface area contributed by atoms with Gasteiger partial charge in [0.05, 0.1) is 5.56 Å². The van der Waals surface area contributed by atoms with Crippen LogP contribution in [-0.2, 0) is 0 Å². The quantitative estimate of drug-likeness (QED) is 0.774. The molecule has 1 aromatic carbocycles. The van der Waals surface area contributed by atoms with Gasteiger partial charge >= 0.3 is 5.97 Å².